The molecule has 0 radical (unpaired) electrons. The number of nitrogens with two attached hydrogens (primary N) is 1. The highest BCUT2D eigenvalue weighted by Crippen LogP contribution is 2.22. The molecule has 0 unspecified atom stereocenters. The number of halogens is 1. The number of benzene rings is 2. The first-order valence-corrected chi connectivity index (χ1v) is 6.06. The summed E-state index contributed by atoms with van der Waals surface area (Å²) < 4.78 is 15.3. The first kappa shape index (κ1) is 12.3. The SMILES string of the molecule is Cc1ccc(F)c(-n2nnnc2-c2ccc(N)cc2)c1. The molecule has 0 aliphatic heterocycles. The van der Waals surface area contributed by atoms with Crippen LogP contribution in [0.25, 0.3) is 17.1 Å². The predicted octanol–water partition coefficient (Wildman–Crippen LogP) is 2.36. The number of aromatic nitrogens is 4. The number of tetrazole rings is 1. The van der Waals surface area contributed by atoms with E-state index in [4.69, 9.17) is 5.73 Å². The molecule has 0 saturated heterocycles. The summed E-state index contributed by atoms with van der Waals surface area (Å²) in [5, 5.41) is 11.5. The first-order chi connectivity index (χ1) is 9.65. The van der Waals surface area contributed by atoms with Gasteiger partial charge in [-0.1, -0.05) is 6.07 Å². The molecule has 5 nitrogen and oxygen atoms in total. The number of hydrogen-bond donors (Lipinski definition) is 1. The first-order valence-electron chi connectivity index (χ1n) is 6.06. The van der Waals surface area contributed by atoms with E-state index in [0.29, 0.717) is 17.2 Å². The average Bonchev–Trinajstić information content (AvgIpc) is 2.91. The molecular weight excluding hydrogens is 257 g/mol. The van der Waals surface area contributed by atoms with Crippen molar-refractivity contribution in [2.75, 3.05) is 5.73 Å². The second kappa shape index (κ2) is 4.73. The normalized spacial score (nSPS) is 10.7. The Balaban J connectivity index is 2.15. The Hall–Kier alpha value is -2.76. The van der Waals surface area contributed by atoms with E-state index < -0.39 is 0 Å². The van der Waals surface area contributed by atoms with Crippen molar-refractivity contribution in [3.05, 3.63) is 53.8 Å². The molecule has 6 heteroatoms. The zero-order valence-corrected chi connectivity index (χ0v) is 10.8. The zero-order valence-electron chi connectivity index (χ0n) is 10.8. The topological polar surface area (TPSA) is 69.6 Å². The molecule has 0 fully saturated rings. The Labute approximate surface area is 114 Å². The van der Waals surface area contributed by atoms with Gasteiger partial charge in [-0.15, -0.1) is 5.10 Å². The molecular formula is C14H12FN5. The number of anilines is 1. The Bertz CT molecular complexity index is 749. The molecule has 0 amide bonds. The van der Waals surface area contributed by atoms with Crippen LogP contribution in [0.5, 0.6) is 0 Å². The van der Waals surface area contributed by atoms with Crippen LogP contribution in [-0.2, 0) is 0 Å². The molecule has 0 saturated carbocycles. The Morgan fingerprint density at radius 2 is 1.85 bits per heavy atom. The van der Waals surface area contributed by atoms with Crippen molar-refractivity contribution in [2.24, 2.45) is 0 Å². The van der Waals surface area contributed by atoms with Crippen LogP contribution in [0.15, 0.2) is 42.5 Å². The fourth-order valence-electron chi connectivity index (χ4n) is 1.95. The fourth-order valence-corrected chi connectivity index (χ4v) is 1.95. The summed E-state index contributed by atoms with van der Waals surface area (Å²) in [6.45, 7) is 1.89. The smallest absolute Gasteiger partial charge is 0.187 e. The van der Waals surface area contributed by atoms with Gasteiger partial charge < -0.3 is 5.73 Å². The summed E-state index contributed by atoms with van der Waals surface area (Å²) in [7, 11) is 0. The summed E-state index contributed by atoms with van der Waals surface area (Å²) in [5.41, 5.74) is 8.32. The predicted molar refractivity (Wildman–Crippen MR) is 73.7 cm³/mol. The van der Waals surface area contributed by atoms with E-state index in [1.165, 1.54) is 10.7 Å². The van der Waals surface area contributed by atoms with E-state index in [2.05, 4.69) is 15.5 Å². The summed E-state index contributed by atoms with van der Waals surface area (Å²) in [6.07, 6.45) is 0. The van der Waals surface area contributed by atoms with E-state index >= 15 is 0 Å². The average molecular weight is 269 g/mol. The minimum atomic E-state index is -0.375. The lowest BCUT2D eigenvalue weighted by Crippen LogP contribution is -2.03. The zero-order chi connectivity index (χ0) is 14.1. The number of nitrogen functional groups attached to an aromatic ring is 1. The lowest BCUT2D eigenvalue weighted by Gasteiger charge is -2.07. The maximum Gasteiger partial charge on any atom is 0.187 e. The lowest BCUT2D eigenvalue weighted by molar-refractivity contribution is 0.607. The molecule has 0 spiro atoms. The van der Waals surface area contributed by atoms with Crippen LogP contribution in [0.4, 0.5) is 10.1 Å². The highest BCUT2D eigenvalue weighted by atomic mass is 19.1. The molecule has 0 aliphatic carbocycles. The van der Waals surface area contributed by atoms with Crippen molar-refractivity contribution in [1.82, 2.24) is 20.2 Å². The number of rotatable bonds is 2. The molecule has 0 aliphatic rings. The van der Waals surface area contributed by atoms with Gasteiger partial charge in [0.25, 0.3) is 0 Å². The Morgan fingerprint density at radius 1 is 1.10 bits per heavy atom. The van der Waals surface area contributed by atoms with Crippen molar-refractivity contribution >= 4 is 5.69 Å². The lowest BCUT2D eigenvalue weighted by atomic mass is 10.2. The van der Waals surface area contributed by atoms with E-state index in [1.807, 2.05) is 6.92 Å². The molecule has 100 valence electrons. The van der Waals surface area contributed by atoms with Gasteiger partial charge in [-0.3, -0.25) is 0 Å². The number of aryl methyl sites for hydroxylation is 1. The van der Waals surface area contributed by atoms with Crippen molar-refractivity contribution in [1.29, 1.82) is 0 Å². The van der Waals surface area contributed by atoms with Crippen LogP contribution in [0.3, 0.4) is 0 Å². The van der Waals surface area contributed by atoms with Gasteiger partial charge in [-0.25, -0.2) is 4.39 Å². The third-order valence-electron chi connectivity index (χ3n) is 2.97. The van der Waals surface area contributed by atoms with Crippen molar-refractivity contribution < 1.29 is 4.39 Å². The fraction of sp³-hybridized carbons (Fsp3) is 0.0714. The highest BCUT2D eigenvalue weighted by molar-refractivity contribution is 5.60. The van der Waals surface area contributed by atoms with E-state index in [-0.39, 0.29) is 5.82 Å². The minimum absolute atomic E-state index is 0.321. The second-order valence-corrected chi connectivity index (χ2v) is 4.49. The van der Waals surface area contributed by atoms with E-state index in [9.17, 15) is 4.39 Å². The largest absolute Gasteiger partial charge is 0.399 e. The molecule has 1 heterocycles. The molecule has 3 rings (SSSR count). The summed E-state index contributed by atoms with van der Waals surface area (Å²) in [4.78, 5) is 0. The van der Waals surface area contributed by atoms with Crippen molar-refractivity contribution in [2.45, 2.75) is 6.92 Å². The van der Waals surface area contributed by atoms with Gasteiger partial charge in [-0.2, -0.15) is 4.68 Å². The van der Waals surface area contributed by atoms with E-state index in [1.54, 1.807) is 36.4 Å². The monoisotopic (exact) mass is 269 g/mol. The highest BCUT2D eigenvalue weighted by Gasteiger charge is 2.14. The van der Waals surface area contributed by atoms with Gasteiger partial charge in [0.15, 0.2) is 5.82 Å². The van der Waals surface area contributed by atoms with Gasteiger partial charge in [0.1, 0.15) is 11.5 Å². The Kier molecular flexibility index (Phi) is 2.90. The summed E-state index contributed by atoms with van der Waals surface area (Å²) >= 11 is 0. The van der Waals surface area contributed by atoms with Gasteiger partial charge in [-0.05, 0) is 59.3 Å². The molecule has 1 aromatic heterocycles. The molecule has 20 heavy (non-hydrogen) atoms. The van der Waals surface area contributed by atoms with Gasteiger partial charge >= 0.3 is 0 Å². The number of nitrogens with zero attached hydrogens (tertiary/aromatic N) is 4. The van der Waals surface area contributed by atoms with Crippen LogP contribution < -0.4 is 5.73 Å². The van der Waals surface area contributed by atoms with Gasteiger partial charge in [0.05, 0.1) is 0 Å². The third-order valence-corrected chi connectivity index (χ3v) is 2.97. The maximum absolute atomic E-state index is 14.0. The second-order valence-electron chi connectivity index (χ2n) is 4.49. The maximum atomic E-state index is 14.0. The van der Waals surface area contributed by atoms with Crippen LogP contribution in [-0.4, -0.2) is 20.2 Å². The molecule has 0 bridgehead atoms. The standard InChI is InChI=1S/C14H12FN5/c1-9-2-7-12(15)13(8-9)20-14(17-18-19-20)10-3-5-11(16)6-4-10/h2-8H,16H2,1H3. The third kappa shape index (κ3) is 2.11. The van der Waals surface area contributed by atoms with Crippen molar-refractivity contribution in [3.63, 3.8) is 0 Å². The summed E-state index contributed by atoms with van der Waals surface area (Å²) in [6, 6.07) is 11.9. The van der Waals surface area contributed by atoms with E-state index in [0.717, 1.165) is 11.1 Å². The molecule has 0 atom stereocenters. The van der Waals surface area contributed by atoms with Crippen LogP contribution in [0.1, 0.15) is 5.56 Å². The van der Waals surface area contributed by atoms with Gasteiger partial charge in [0, 0.05) is 11.3 Å². The summed E-state index contributed by atoms with van der Waals surface area (Å²) in [5.74, 6) is 0.0918. The number of hydrogen-bond acceptors (Lipinski definition) is 4. The molecule has 3 aromatic rings. The minimum Gasteiger partial charge on any atom is -0.399 e. The van der Waals surface area contributed by atoms with Gasteiger partial charge in [0.2, 0.25) is 0 Å². The molecule has 2 aromatic carbocycles. The van der Waals surface area contributed by atoms with Crippen LogP contribution in [0.2, 0.25) is 0 Å². The van der Waals surface area contributed by atoms with Crippen molar-refractivity contribution in [3.8, 4) is 17.1 Å². The van der Waals surface area contributed by atoms with Crippen LogP contribution >= 0.6 is 0 Å². The molecule has 2 N–H and O–H groups in total. The van der Waals surface area contributed by atoms with Crippen LogP contribution in [0, 0.1) is 12.7 Å². The quantitative estimate of drug-likeness (QED) is 0.725. The Morgan fingerprint density at radius 3 is 2.60 bits per heavy atom.